The molecule has 2 atom stereocenters. The number of unbranched alkanes of at least 4 members (excludes halogenated alkanes) is 45. The second-order valence-corrected chi connectivity index (χ2v) is 22.1. The zero-order chi connectivity index (χ0) is 52.2. The first-order chi connectivity index (χ1) is 35.5. The number of aliphatic hydroxyl groups is 2. The van der Waals surface area contributed by atoms with E-state index in [1.54, 1.807) is 6.08 Å². The molecule has 0 bridgehead atoms. The van der Waals surface area contributed by atoms with Crippen LogP contribution in [-0.2, 0) is 14.3 Å². The summed E-state index contributed by atoms with van der Waals surface area (Å²) in [5, 5.41) is 23.1. The Morgan fingerprint density at radius 1 is 0.389 bits per heavy atom. The summed E-state index contributed by atoms with van der Waals surface area (Å²) in [5.74, 6) is -0.0575. The standard InChI is InChI=1S/C66H125NO5/c1-3-5-7-9-11-13-15-17-18-19-30-33-36-40-44-48-52-56-60-66(71)72-61-57-53-49-45-41-37-34-31-28-26-24-22-20-21-23-25-27-29-32-35-39-43-47-51-55-59-65(70)67-63(62-68)64(69)58-54-50-46-42-38-16-14-12-10-8-6-4-2/h13,15,18-19,54,58,63-64,68-69H,3-12,14,16-17,20-53,55-57,59-62H2,1-2H3,(H,67,70)/b15-13-,19-18-,58-54+. The Bertz CT molecular complexity index is 1170. The average Bonchev–Trinajstić information content (AvgIpc) is 3.38. The van der Waals surface area contributed by atoms with E-state index < -0.39 is 12.1 Å². The summed E-state index contributed by atoms with van der Waals surface area (Å²) in [6.07, 6.45) is 77.7. The van der Waals surface area contributed by atoms with Crippen molar-refractivity contribution in [3.8, 4) is 0 Å². The Labute approximate surface area is 449 Å². The largest absolute Gasteiger partial charge is 0.466 e. The van der Waals surface area contributed by atoms with Crippen molar-refractivity contribution in [2.24, 2.45) is 0 Å². The molecule has 1 amide bonds. The van der Waals surface area contributed by atoms with Gasteiger partial charge < -0.3 is 20.3 Å². The number of carbonyl (C=O) groups excluding carboxylic acids is 2. The SMILES string of the molecule is CCCCCC/C=C\C/C=C\CCCCCCCCCC(=O)OCCCCCCCCCCCCCCCCCCCCCCCCCCCC(=O)NC(CO)C(O)/C=C/CCCCCCCCCCCC. The zero-order valence-electron chi connectivity index (χ0n) is 48.4. The molecule has 0 radical (unpaired) electrons. The van der Waals surface area contributed by atoms with E-state index in [4.69, 9.17) is 4.74 Å². The van der Waals surface area contributed by atoms with Crippen molar-refractivity contribution in [2.75, 3.05) is 13.2 Å². The smallest absolute Gasteiger partial charge is 0.305 e. The molecule has 0 aromatic carbocycles. The predicted octanol–water partition coefficient (Wildman–Crippen LogP) is 20.4. The van der Waals surface area contributed by atoms with E-state index in [0.29, 0.717) is 19.4 Å². The van der Waals surface area contributed by atoms with Gasteiger partial charge in [0, 0.05) is 12.8 Å². The van der Waals surface area contributed by atoms with Gasteiger partial charge in [-0.15, -0.1) is 0 Å². The lowest BCUT2D eigenvalue weighted by Crippen LogP contribution is -2.45. The topological polar surface area (TPSA) is 95.9 Å². The van der Waals surface area contributed by atoms with Gasteiger partial charge in [-0.25, -0.2) is 0 Å². The van der Waals surface area contributed by atoms with Crippen LogP contribution in [0.5, 0.6) is 0 Å². The molecule has 0 saturated carbocycles. The number of aliphatic hydroxyl groups excluding tert-OH is 2. The number of esters is 1. The molecule has 0 aromatic heterocycles. The van der Waals surface area contributed by atoms with Crippen LogP contribution >= 0.6 is 0 Å². The molecule has 0 aliphatic heterocycles. The van der Waals surface area contributed by atoms with Crippen LogP contribution in [0.4, 0.5) is 0 Å². The molecule has 2 unspecified atom stereocenters. The number of hydrogen-bond acceptors (Lipinski definition) is 5. The van der Waals surface area contributed by atoms with Crippen LogP contribution < -0.4 is 5.32 Å². The number of rotatable bonds is 60. The van der Waals surface area contributed by atoms with E-state index in [0.717, 1.165) is 51.4 Å². The summed E-state index contributed by atoms with van der Waals surface area (Å²) >= 11 is 0. The van der Waals surface area contributed by atoms with E-state index in [2.05, 4.69) is 43.5 Å². The summed E-state index contributed by atoms with van der Waals surface area (Å²) in [6.45, 7) is 4.89. The molecule has 6 nitrogen and oxygen atoms in total. The van der Waals surface area contributed by atoms with Crippen LogP contribution in [0.25, 0.3) is 0 Å². The molecule has 0 fully saturated rings. The number of ether oxygens (including phenoxy) is 1. The third kappa shape index (κ3) is 57.4. The summed E-state index contributed by atoms with van der Waals surface area (Å²) in [5.41, 5.74) is 0. The van der Waals surface area contributed by atoms with Gasteiger partial charge in [0.2, 0.25) is 5.91 Å². The maximum atomic E-state index is 12.4. The normalized spacial score (nSPS) is 12.8. The van der Waals surface area contributed by atoms with Gasteiger partial charge in [-0.2, -0.15) is 0 Å². The first-order valence-electron chi connectivity index (χ1n) is 32.3. The second kappa shape index (κ2) is 61.6. The summed E-state index contributed by atoms with van der Waals surface area (Å²) in [7, 11) is 0. The van der Waals surface area contributed by atoms with Gasteiger partial charge >= 0.3 is 5.97 Å². The fourth-order valence-electron chi connectivity index (χ4n) is 9.96. The quantitative estimate of drug-likeness (QED) is 0.0320. The minimum absolute atomic E-state index is 0.00867. The van der Waals surface area contributed by atoms with Gasteiger partial charge in [-0.3, -0.25) is 9.59 Å². The highest BCUT2D eigenvalue weighted by Crippen LogP contribution is 2.18. The average molecular weight is 1010 g/mol. The van der Waals surface area contributed by atoms with Crippen LogP contribution in [0.1, 0.15) is 348 Å². The van der Waals surface area contributed by atoms with Gasteiger partial charge in [0.25, 0.3) is 0 Å². The van der Waals surface area contributed by atoms with Crippen molar-refractivity contribution in [3.05, 3.63) is 36.5 Å². The van der Waals surface area contributed by atoms with Crippen molar-refractivity contribution in [1.29, 1.82) is 0 Å². The van der Waals surface area contributed by atoms with E-state index in [-0.39, 0.29) is 18.5 Å². The lowest BCUT2D eigenvalue weighted by molar-refractivity contribution is -0.143. The highest BCUT2D eigenvalue weighted by atomic mass is 16.5. The second-order valence-electron chi connectivity index (χ2n) is 22.1. The molecule has 0 rings (SSSR count). The van der Waals surface area contributed by atoms with Gasteiger partial charge in [-0.1, -0.05) is 307 Å². The van der Waals surface area contributed by atoms with Crippen LogP contribution in [0.15, 0.2) is 36.5 Å². The van der Waals surface area contributed by atoms with Crippen molar-refractivity contribution < 1.29 is 24.5 Å². The fourth-order valence-corrected chi connectivity index (χ4v) is 9.96. The highest BCUT2D eigenvalue weighted by Gasteiger charge is 2.18. The summed E-state index contributed by atoms with van der Waals surface area (Å²) in [6, 6.07) is -0.626. The molecule has 0 aliphatic rings. The van der Waals surface area contributed by atoms with Crippen molar-refractivity contribution in [3.63, 3.8) is 0 Å². The third-order valence-electron chi connectivity index (χ3n) is 14.9. The lowest BCUT2D eigenvalue weighted by atomic mass is 10.0. The maximum absolute atomic E-state index is 12.4. The Hall–Kier alpha value is -1.92. The van der Waals surface area contributed by atoms with Crippen molar-refractivity contribution in [1.82, 2.24) is 5.32 Å². The molecule has 0 aromatic rings. The van der Waals surface area contributed by atoms with Crippen LogP contribution in [0.2, 0.25) is 0 Å². The minimum Gasteiger partial charge on any atom is -0.466 e. The fraction of sp³-hybridized carbons (Fsp3) is 0.879. The Morgan fingerprint density at radius 2 is 0.694 bits per heavy atom. The summed E-state index contributed by atoms with van der Waals surface area (Å²) in [4.78, 5) is 24.5. The monoisotopic (exact) mass is 1010 g/mol. The van der Waals surface area contributed by atoms with Gasteiger partial charge in [0.15, 0.2) is 0 Å². The van der Waals surface area contributed by atoms with Gasteiger partial charge in [0.05, 0.1) is 25.4 Å². The van der Waals surface area contributed by atoms with E-state index in [1.807, 2.05) is 6.08 Å². The van der Waals surface area contributed by atoms with Crippen LogP contribution in [0.3, 0.4) is 0 Å². The third-order valence-corrected chi connectivity index (χ3v) is 14.9. The number of nitrogens with one attached hydrogen (secondary N) is 1. The lowest BCUT2D eigenvalue weighted by Gasteiger charge is -2.20. The molecule has 424 valence electrons. The Morgan fingerprint density at radius 3 is 1.07 bits per heavy atom. The number of amides is 1. The van der Waals surface area contributed by atoms with Gasteiger partial charge in [0.1, 0.15) is 0 Å². The van der Waals surface area contributed by atoms with Crippen molar-refractivity contribution in [2.45, 2.75) is 360 Å². The number of hydrogen-bond donors (Lipinski definition) is 3. The van der Waals surface area contributed by atoms with Crippen LogP contribution in [0, 0.1) is 0 Å². The Kier molecular flexibility index (Phi) is 60.0. The Balaban J connectivity index is 3.36. The molecule has 0 saturated heterocycles. The van der Waals surface area contributed by atoms with Gasteiger partial charge in [-0.05, 0) is 64.2 Å². The molecule has 3 N–H and O–H groups in total. The molecule has 0 aliphatic carbocycles. The first kappa shape index (κ1) is 70.1. The molecular formula is C66H125NO5. The van der Waals surface area contributed by atoms with Crippen LogP contribution in [-0.4, -0.2) is 47.4 Å². The number of carbonyl (C=O) groups is 2. The van der Waals surface area contributed by atoms with E-state index in [9.17, 15) is 19.8 Å². The first-order valence-corrected chi connectivity index (χ1v) is 32.3. The number of allylic oxidation sites excluding steroid dienone is 5. The minimum atomic E-state index is -0.842. The maximum Gasteiger partial charge on any atom is 0.305 e. The van der Waals surface area contributed by atoms with Crippen molar-refractivity contribution >= 4 is 11.9 Å². The van der Waals surface area contributed by atoms with E-state index in [1.165, 1.54) is 270 Å². The molecule has 72 heavy (non-hydrogen) atoms. The molecule has 0 spiro atoms. The predicted molar refractivity (Wildman–Crippen MR) is 315 cm³/mol. The molecule has 0 heterocycles. The summed E-state index contributed by atoms with van der Waals surface area (Å²) < 4.78 is 5.50. The zero-order valence-corrected chi connectivity index (χ0v) is 48.4. The molecular weight excluding hydrogens is 887 g/mol. The molecule has 6 heteroatoms. The van der Waals surface area contributed by atoms with E-state index >= 15 is 0 Å². The highest BCUT2D eigenvalue weighted by molar-refractivity contribution is 5.76.